The van der Waals surface area contributed by atoms with Crippen LogP contribution < -0.4 is 10.8 Å². The monoisotopic (exact) mass is 557 g/mol. The summed E-state index contributed by atoms with van der Waals surface area (Å²) in [5, 5.41) is 4.14. The molecule has 0 radical (unpaired) electrons. The van der Waals surface area contributed by atoms with E-state index in [4.69, 9.17) is 21.0 Å². The molecule has 8 rings (SSSR count). The maximum Gasteiger partial charge on any atom is 0.199 e. The van der Waals surface area contributed by atoms with E-state index in [0.29, 0.717) is 0 Å². The first-order chi connectivity index (χ1) is 19.6. The maximum atomic E-state index is 6.92. The molecule has 1 atom stereocenters. The van der Waals surface area contributed by atoms with Gasteiger partial charge in [-0.05, 0) is 48.4 Å². The van der Waals surface area contributed by atoms with Crippen LogP contribution in [-0.2, 0) is 0 Å². The first kappa shape index (κ1) is 23.6. The van der Waals surface area contributed by atoms with Crippen LogP contribution in [-0.4, -0.2) is 22.1 Å². The molecule has 0 fully saturated rings. The Balaban J connectivity index is 1.56. The van der Waals surface area contributed by atoms with Crippen LogP contribution in [0.1, 0.15) is 5.56 Å². The number of thiophene rings is 1. The van der Waals surface area contributed by atoms with Crippen LogP contribution in [0, 0.1) is 6.92 Å². The van der Waals surface area contributed by atoms with Gasteiger partial charge < -0.3 is 9.32 Å². The van der Waals surface area contributed by atoms with Gasteiger partial charge in [-0.15, -0.1) is 11.3 Å². The number of benzene rings is 4. The second kappa shape index (κ2) is 8.85. The van der Waals surface area contributed by atoms with Gasteiger partial charge in [-0.3, -0.25) is 4.57 Å². The van der Waals surface area contributed by atoms with E-state index in [2.05, 4.69) is 90.4 Å². The lowest BCUT2D eigenvalue weighted by molar-refractivity contribution is 0.396. The van der Waals surface area contributed by atoms with Crippen LogP contribution in [0.25, 0.3) is 59.5 Å². The van der Waals surface area contributed by atoms with Crippen molar-refractivity contribution in [2.75, 3.05) is 7.05 Å². The first-order valence-corrected chi connectivity index (χ1v) is 14.5. The fourth-order valence-corrected chi connectivity index (χ4v) is 7.40. The minimum atomic E-state index is -0.576. The van der Waals surface area contributed by atoms with Crippen molar-refractivity contribution in [1.82, 2.24) is 9.47 Å². The molecule has 40 heavy (non-hydrogen) atoms. The highest BCUT2D eigenvalue weighted by Crippen LogP contribution is 2.47. The first-order valence-electron chi connectivity index (χ1n) is 13.3. The minimum Gasteiger partial charge on any atom is -0.451 e. The average Bonchev–Trinajstić information content (AvgIpc) is 3.65. The molecule has 3 aromatic heterocycles. The topological polar surface area (TPSA) is 33.7 Å². The Labute approximate surface area is 239 Å². The van der Waals surface area contributed by atoms with E-state index < -0.39 is 5.62 Å². The number of hydrogen-bond acceptors (Lipinski definition) is 4. The Morgan fingerprint density at radius 1 is 0.850 bits per heavy atom. The van der Waals surface area contributed by atoms with Crippen LogP contribution in [0.2, 0.25) is 0 Å². The highest BCUT2D eigenvalue weighted by molar-refractivity contribution is 7.23. The predicted octanol–water partition coefficient (Wildman–Crippen LogP) is 7.95. The molecule has 7 aromatic rings. The van der Waals surface area contributed by atoms with Crippen molar-refractivity contribution in [2.45, 2.75) is 12.5 Å². The van der Waals surface area contributed by atoms with E-state index in [0.717, 1.165) is 44.2 Å². The normalized spacial score (nSPS) is 15.2. The molecule has 0 saturated carbocycles. The number of fused-ring (bicyclic) bond motifs is 5. The molecule has 4 aromatic carbocycles. The molecule has 4 heterocycles. The van der Waals surface area contributed by atoms with Crippen molar-refractivity contribution in [3.8, 4) is 21.7 Å². The van der Waals surface area contributed by atoms with Crippen LogP contribution in [0.15, 0.2) is 113 Å². The molecular weight excluding hydrogens is 534 g/mol. The number of hydrogen-bond donors (Lipinski definition) is 0. The molecule has 0 saturated heterocycles. The zero-order valence-electron chi connectivity index (χ0n) is 21.9. The summed E-state index contributed by atoms with van der Waals surface area (Å²) in [6.45, 7) is 2.18. The molecule has 0 bridgehead atoms. The lowest BCUT2D eigenvalue weighted by Crippen LogP contribution is -2.43. The molecule has 1 unspecified atom stereocenters. The van der Waals surface area contributed by atoms with Crippen LogP contribution in [0.3, 0.4) is 0 Å². The number of rotatable bonds is 3. The van der Waals surface area contributed by atoms with Crippen LogP contribution in [0.4, 0.5) is 0 Å². The van der Waals surface area contributed by atoms with Gasteiger partial charge in [0.2, 0.25) is 0 Å². The summed E-state index contributed by atoms with van der Waals surface area (Å²) in [7, 11) is 1.99. The molecule has 6 heteroatoms. The molecule has 4 nitrogen and oxygen atoms in total. The third-order valence-electron chi connectivity index (χ3n) is 7.83. The fourth-order valence-electron chi connectivity index (χ4n) is 5.91. The number of halogens is 1. The van der Waals surface area contributed by atoms with E-state index in [-0.39, 0.29) is 0 Å². The van der Waals surface area contributed by atoms with E-state index in [1.165, 1.54) is 31.7 Å². The van der Waals surface area contributed by atoms with Crippen molar-refractivity contribution >= 4 is 60.7 Å². The molecule has 0 N–H and O–H groups in total. The molecule has 1 aliphatic rings. The predicted molar refractivity (Wildman–Crippen MR) is 166 cm³/mol. The SMILES string of the molecule is Cc1ccccc1-c1sc2ccccc2c1-c1cc2ccccc2n1C1=c2oc3ccccc3c2=NC(Cl)N1C. The summed E-state index contributed by atoms with van der Waals surface area (Å²) < 4.78 is 10.1. The van der Waals surface area contributed by atoms with Crippen molar-refractivity contribution in [1.29, 1.82) is 0 Å². The third-order valence-corrected chi connectivity index (χ3v) is 9.42. The number of aryl methyl sites for hydroxylation is 1. The Hall–Kier alpha value is -4.32. The highest BCUT2D eigenvalue weighted by Gasteiger charge is 2.29. The summed E-state index contributed by atoms with van der Waals surface area (Å²) in [4.78, 5) is 8.09. The Bertz CT molecular complexity index is 2240. The van der Waals surface area contributed by atoms with Gasteiger partial charge in [-0.25, -0.2) is 4.99 Å². The van der Waals surface area contributed by atoms with E-state index in [9.17, 15) is 0 Å². The van der Waals surface area contributed by atoms with Gasteiger partial charge >= 0.3 is 0 Å². The minimum absolute atomic E-state index is 0.576. The van der Waals surface area contributed by atoms with Crippen molar-refractivity contribution in [3.63, 3.8) is 0 Å². The lowest BCUT2D eigenvalue weighted by Gasteiger charge is -2.29. The van der Waals surface area contributed by atoms with Crippen molar-refractivity contribution < 1.29 is 4.42 Å². The van der Waals surface area contributed by atoms with Crippen molar-refractivity contribution in [2.24, 2.45) is 4.99 Å². The number of alkyl halides is 1. The van der Waals surface area contributed by atoms with Crippen LogP contribution in [0.5, 0.6) is 0 Å². The second-order valence-electron chi connectivity index (χ2n) is 10.2. The summed E-state index contributed by atoms with van der Waals surface area (Å²) in [5.74, 6) is 0.878. The van der Waals surface area contributed by atoms with Gasteiger partial charge in [0.25, 0.3) is 0 Å². The lowest BCUT2D eigenvalue weighted by atomic mass is 10.00. The average molecular weight is 558 g/mol. The van der Waals surface area contributed by atoms with Gasteiger partial charge in [0.15, 0.2) is 16.9 Å². The maximum absolute atomic E-state index is 6.92. The summed E-state index contributed by atoms with van der Waals surface area (Å²) in [6, 6.07) is 36.1. The number of nitrogens with zero attached hydrogens (tertiary/aromatic N) is 3. The molecule has 0 spiro atoms. The van der Waals surface area contributed by atoms with E-state index in [1.807, 2.05) is 47.5 Å². The van der Waals surface area contributed by atoms with Gasteiger partial charge in [-0.2, -0.15) is 0 Å². The number of furan rings is 1. The molecule has 0 amide bonds. The highest BCUT2D eigenvalue weighted by atomic mass is 35.5. The zero-order chi connectivity index (χ0) is 27.0. The molecule has 1 aliphatic heterocycles. The van der Waals surface area contributed by atoms with Crippen LogP contribution >= 0.6 is 22.9 Å². The number of para-hydroxylation sites is 2. The Kier molecular flexibility index (Phi) is 5.21. The van der Waals surface area contributed by atoms with Gasteiger partial charge in [-0.1, -0.05) is 84.4 Å². The third kappa shape index (κ3) is 3.35. The largest absolute Gasteiger partial charge is 0.451 e. The molecule has 0 aliphatic carbocycles. The quantitative estimate of drug-likeness (QED) is 0.163. The number of aromatic nitrogens is 1. The Morgan fingerprint density at radius 2 is 1.57 bits per heavy atom. The summed E-state index contributed by atoms with van der Waals surface area (Å²) in [5.41, 5.74) is 6.82. The second-order valence-corrected chi connectivity index (χ2v) is 11.6. The smallest absolute Gasteiger partial charge is 0.199 e. The molecular formula is C34H24ClN3OS. The van der Waals surface area contributed by atoms with Gasteiger partial charge in [0.05, 0.1) is 11.2 Å². The zero-order valence-corrected chi connectivity index (χ0v) is 23.5. The fraction of sp³-hybridized carbons (Fsp3) is 0.0882. The van der Waals surface area contributed by atoms with E-state index in [1.54, 1.807) is 0 Å². The molecule has 194 valence electrons. The Morgan fingerprint density at radius 3 is 2.45 bits per heavy atom. The van der Waals surface area contributed by atoms with Crippen molar-refractivity contribution in [3.05, 3.63) is 119 Å². The summed E-state index contributed by atoms with van der Waals surface area (Å²) in [6.07, 6.45) is 0. The van der Waals surface area contributed by atoms with E-state index >= 15 is 0 Å². The van der Waals surface area contributed by atoms with Gasteiger partial charge in [0, 0.05) is 38.3 Å². The summed E-state index contributed by atoms with van der Waals surface area (Å²) >= 11 is 8.76. The van der Waals surface area contributed by atoms with Gasteiger partial charge in [0.1, 0.15) is 10.9 Å². The standard InChI is InChI=1S/C34H24ClN3OS/c1-20-11-3-5-13-22(20)32-29(24-15-7-10-18-28(24)40-32)26-19-21-12-4-8-16-25(21)38(26)33-31-30(36-34(35)37(33)2)23-14-6-9-17-27(23)39-31/h3-19,34H,1-2H3.